The number of fused-ring (bicyclic) bond motifs is 2. The number of benzene rings is 1. The van der Waals surface area contributed by atoms with Crippen LogP contribution in [-0.2, 0) is 9.53 Å². The van der Waals surface area contributed by atoms with Crippen molar-refractivity contribution in [1.82, 2.24) is 0 Å². The molecule has 2 fully saturated rings. The van der Waals surface area contributed by atoms with E-state index in [2.05, 4.69) is 7.05 Å². The van der Waals surface area contributed by atoms with Gasteiger partial charge in [0.1, 0.15) is 12.2 Å². The fourth-order valence-electron chi connectivity index (χ4n) is 3.82. The first-order valence-corrected chi connectivity index (χ1v) is 8.01. The zero-order valence-corrected chi connectivity index (χ0v) is 12.8. The van der Waals surface area contributed by atoms with Crippen LogP contribution in [0.25, 0.3) is 0 Å². The minimum absolute atomic E-state index is 0.133. The molecule has 2 aliphatic heterocycles. The SMILES string of the molecule is C[NH+]1[C@@H]2CC[C@H]1CC(OC(=O)[C@H](O)[C@H](O)c1ccccc1)C2. The smallest absolute Gasteiger partial charge is 0.338 e. The van der Waals surface area contributed by atoms with Crippen molar-refractivity contribution in [2.75, 3.05) is 7.05 Å². The average Bonchev–Trinajstić information content (AvgIpc) is 2.76. The maximum absolute atomic E-state index is 12.1. The number of carbonyl (C=O) groups excluding carboxylic acids is 1. The summed E-state index contributed by atoms with van der Waals surface area (Å²) in [5, 5.41) is 20.1. The highest BCUT2D eigenvalue weighted by Gasteiger charge is 2.44. The highest BCUT2D eigenvalue weighted by molar-refractivity contribution is 5.75. The van der Waals surface area contributed by atoms with Crippen LogP contribution < -0.4 is 4.90 Å². The third-order valence-corrected chi connectivity index (χ3v) is 5.21. The monoisotopic (exact) mass is 306 g/mol. The van der Waals surface area contributed by atoms with E-state index in [0.29, 0.717) is 17.6 Å². The lowest BCUT2D eigenvalue weighted by molar-refractivity contribution is -0.923. The molecule has 1 aromatic carbocycles. The second-order valence-corrected chi connectivity index (χ2v) is 6.55. The van der Waals surface area contributed by atoms with Gasteiger partial charge in [0.15, 0.2) is 6.10 Å². The van der Waals surface area contributed by atoms with Crippen molar-refractivity contribution in [2.24, 2.45) is 0 Å². The number of hydrogen-bond donors (Lipinski definition) is 3. The van der Waals surface area contributed by atoms with E-state index in [1.807, 2.05) is 6.07 Å². The van der Waals surface area contributed by atoms with Crippen molar-refractivity contribution in [1.29, 1.82) is 0 Å². The summed E-state index contributed by atoms with van der Waals surface area (Å²) >= 11 is 0. The lowest BCUT2D eigenvalue weighted by Crippen LogP contribution is -3.15. The second kappa shape index (κ2) is 6.36. The van der Waals surface area contributed by atoms with Crippen LogP contribution in [0.1, 0.15) is 37.4 Å². The Hall–Kier alpha value is -1.43. The number of aliphatic hydroxyl groups is 2. The molecule has 2 bridgehead atoms. The molecule has 0 spiro atoms. The Bertz CT molecular complexity index is 507. The Labute approximate surface area is 130 Å². The highest BCUT2D eigenvalue weighted by Crippen LogP contribution is 2.26. The Balaban J connectivity index is 1.58. The van der Waals surface area contributed by atoms with Gasteiger partial charge in [-0.1, -0.05) is 30.3 Å². The number of hydrogen-bond acceptors (Lipinski definition) is 4. The van der Waals surface area contributed by atoms with Gasteiger partial charge in [0, 0.05) is 25.7 Å². The van der Waals surface area contributed by atoms with Gasteiger partial charge in [0.2, 0.25) is 0 Å². The minimum Gasteiger partial charge on any atom is -0.460 e. The molecule has 3 N–H and O–H groups in total. The van der Waals surface area contributed by atoms with Crippen LogP contribution in [0.4, 0.5) is 0 Å². The number of ether oxygens (including phenoxy) is 1. The van der Waals surface area contributed by atoms with Gasteiger partial charge in [-0.15, -0.1) is 0 Å². The molecule has 5 heteroatoms. The van der Waals surface area contributed by atoms with Gasteiger partial charge in [-0.25, -0.2) is 4.79 Å². The molecule has 1 aromatic rings. The van der Waals surface area contributed by atoms with Crippen LogP contribution in [0.5, 0.6) is 0 Å². The minimum atomic E-state index is -1.54. The lowest BCUT2D eigenvalue weighted by Gasteiger charge is -2.33. The van der Waals surface area contributed by atoms with Gasteiger partial charge in [-0.3, -0.25) is 0 Å². The summed E-state index contributed by atoms with van der Waals surface area (Å²) in [6.45, 7) is 0. The molecular formula is C17H24NO4+. The maximum Gasteiger partial charge on any atom is 0.338 e. The van der Waals surface area contributed by atoms with Crippen LogP contribution in [0.3, 0.4) is 0 Å². The zero-order chi connectivity index (χ0) is 15.7. The number of carbonyl (C=O) groups is 1. The molecule has 0 aromatic heterocycles. The summed E-state index contributed by atoms with van der Waals surface area (Å²) in [7, 11) is 2.20. The first-order chi connectivity index (χ1) is 10.6. The van der Waals surface area contributed by atoms with E-state index in [4.69, 9.17) is 4.74 Å². The van der Waals surface area contributed by atoms with Crippen molar-refractivity contribution in [3.05, 3.63) is 35.9 Å². The predicted molar refractivity (Wildman–Crippen MR) is 80.2 cm³/mol. The van der Waals surface area contributed by atoms with Gasteiger partial charge in [-0.05, 0) is 5.56 Å². The predicted octanol–water partition coefficient (Wildman–Crippen LogP) is -0.168. The normalized spacial score (nSPS) is 33.2. The van der Waals surface area contributed by atoms with Crippen LogP contribution in [-0.4, -0.2) is 47.5 Å². The summed E-state index contributed by atoms with van der Waals surface area (Å²) in [6.07, 6.45) is 1.14. The fraction of sp³-hybridized carbons (Fsp3) is 0.588. The van der Waals surface area contributed by atoms with Gasteiger partial charge >= 0.3 is 5.97 Å². The molecule has 0 radical (unpaired) electrons. The van der Waals surface area contributed by atoms with E-state index in [9.17, 15) is 15.0 Å². The topological polar surface area (TPSA) is 71.2 Å². The summed E-state index contributed by atoms with van der Waals surface area (Å²) in [4.78, 5) is 13.6. The largest absolute Gasteiger partial charge is 0.460 e. The lowest BCUT2D eigenvalue weighted by atomic mass is 10.00. The Kier molecular flexibility index (Phi) is 4.47. The third-order valence-electron chi connectivity index (χ3n) is 5.21. The van der Waals surface area contributed by atoms with E-state index in [-0.39, 0.29) is 6.10 Å². The molecule has 2 saturated heterocycles. The molecular weight excluding hydrogens is 282 g/mol. The number of aliphatic hydroxyl groups excluding tert-OH is 2. The van der Waals surface area contributed by atoms with Gasteiger partial charge < -0.3 is 19.8 Å². The van der Waals surface area contributed by atoms with Crippen molar-refractivity contribution in [2.45, 2.75) is 56.1 Å². The van der Waals surface area contributed by atoms with Crippen LogP contribution >= 0.6 is 0 Å². The Morgan fingerprint density at radius 3 is 2.36 bits per heavy atom. The van der Waals surface area contributed by atoms with E-state index in [0.717, 1.165) is 12.8 Å². The molecule has 0 saturated carbocycles. The molecule has 2 unspecified atom stereocenters. The average molecular weight is 306 g/mol. The molecule has 5 nitrogen and oxygen atoms in total. The molecule has 120 valence electrons. The second-order valence-electron chi connectivity index (χ2n) is 6.55. The van der Waals surface area contributed by atoms with Crippen molar-refractivity contribution in [3.63, 3.8) is 0 Å². The van der Waals surface area contributed by atoms with E-state index in [1.165, 1.54) is 17.7 Å². The van der Waals surface area contributed by atoms with E-state index < -0.39 is 18.2 Å². The quantitative estimate of drug-likeness (QED) is 0.676. The summed E-state index contributed by atoms with van der Waals surface area (Å²) in [5.74, 6) is -0.722. The summed E-state index contributed by atoms with van der Waals surface area (Å²) < 4.78 is 5.46. The molecule has 2 aliphatic rings. The van der Waals surface area contributed by atoms with Gasteiger partial charge in [0.05, 0.1) is 19.1 Å². The fourth-order valence-corrected chi connectivity index (χ4v) is 3.82. The summed E-state index contributed by atoms with van der Waals surface area (Å²) in [6, 6.07) is 9.79. The molecule has 0 aliphatic carbocycles. The Morgan fingerprint density at radius 2 is 1.77 bits per heavy atom. The Morgan fingerprint density at radius 1 is 1.18 bits per heavy atom. The van der Waals surface area contributed by atoms with Crippen molar-refractivity contribution < 1.29 is 24.6 Å². The molecule has 22 heavy (non-hydrogen) atoms. The molecule has 0 amide bonds. The number of piperidine rings is 1. The van der Waals surface area contributed by atoms with E-state index in [1.54, 1.807) is 24.3 Å². The van der Waals surface area contributed by atoms with Gasteiger partial charge in [0.25, 0.3) is 0 Å². The zero-order valence-electron chi connectivity index (χ0n) is 12.8. The number of quaternary nitrogens is 1. The number of nitrogens with one attached hydrogen (secondary N) is 1. The van der Waals surface area contributed by atoms with Crippen molar-refractivity contribution >= 4 is 5.97 Å². The van der Waals surface area contributed by atoms with E-state index >= 15 is 0 Å². The number of rotatable bonds is 4. The van der Waals surface area contributed by atoms with Crippen LogP contribution in [0.15, 0.2) is 30.3 Å². The van der Waals surface area contributed by atoms with Crippen LogP contribution in [0, 0.1) is 0 Å². The molecule has 6 atom stereocenters. The van der Waals surface area contributed by atoms with Crippen molar-refractivity contribution in [3.8, 4) is 0 Å². The third kappa shape index (κ3) is 3.02. The number of esters is 1. The highest BCUT2D eigenvalue weighted by atomic mass is 16.6. The first kappa shape index (κ1) is 15.5. The maximum atomic E-state index is 12.1. The molecule has 3 rings (SSSR count). The molecule has 2 heterocycles. The summed E-state index contributed by atoms with van der Waals surface area (Å²) in [5.41, 5.74) is 0.514. The van der Waals surface area contributed by atoms with Gasteiger partial charge in [-0.2, -0.15) is 0 Å². The standard InChI is InChI=1S/C17H23NO4/c1-18-12-7-8-13(18)10-14(9-12)22-17(21)16(20)15(19)11-5-3-2-4-6-11/h2-6,12-16,19-20H,7-10H2,1H3/p+1/t12-,13+,14?,15-,16-/m1/s1. The van der Waals surface area contributed by atoms with Crippen LogP contribution in [0.2, 0.25) is 0 Å². The first-order valence-electron chi connectivity index (χ1n) is 8.01.